The van der Waals surface area contributed by atoms with Crippen LogP contribution >= 0.6 is 0 Å². The molecule has 1 N–H and O–H groups in total. The molecule has 1 aliphatic rings. The van der Waals surface area contributed by atoms with E-state index in [1.165, 1.54) is 5.56 Å². The summed E-state index contributed by atoms with van der Waals surface area (Å²) in [4.78, 5) is 2.44. The highest BCUT2D eigenvalue weighted by atomic mass is 16.5. The van der Waals surface area contributed by atoms with Gasteiger partial charge in [0, 0.05) is 51.0 Å². The average Bonchev–Trinajstić information content (AvgIpc) is 2.77. The first-order chi connectivity index (χ1) is 8.79. The van der Waals surface area contributed by atoms with E-state index in [4.69, 9.17) is 4.74 Å². The topological polar surface area (TPSA) is 42.3 Å². The molecule has 2 rings (SSSR count). The molecule has 0 radical (unpaired) electrons. The van der Waals surface area contributed by atoms with Gasteiger partial charge in [-0.1, -0.05) is 0 Å². The lowest BCUT2D eigenvalue weighted by atomic mass is 10.2. The van der Waals surface area contributed by atoms with Gasteiger partial charge in [0.2, 0.25) is 0 Å². The molecule has 1 aliphatic heterocycles. The summed E-state index contributed by atoms with van der Waals surface area (Å²) in [5, 5.41) is 7.94. The fraction of sp³-hybridized carbons (Fsp3) is 0.769. The highest BCUT2D eigenvalue weighted by Gasteiger charge is 2.09. The maximum atomic E-state index is 5.33. The average molecular weight is 252 g/mol. The van der Waals surface area contributed by atoms with Gasteiger partial charge in [-0.15, -0.1) is 0 Å². The Morgan fingerprint density at radius 2 is 2.17 bits per heavy atom. The van der Waals surface area contributed by atoms with Crippen LogP contribution in [0.15, 0.2) is 6.20 Å². The zero-order valence-electron chi connectivity index (χ0n) is 11.5. The Kier molecular flexibility index (Phi) is 5.16. The standard InChI is InChI=1S/C13H24N4O/c1-3-17-11-13(12(2)15-17)10-14-4-5-16-6-8-18-9-7-16/h11,14H,3-10H2,1-2H3. The molecule has 5 heteroatoms. The van der Waals surface area contributed by atoms with E-state index in [9.17, 15) is 0 Å². The van der Waals surface area contributed by atoms with Crippen LogP contribution in [0.5, 0.6) is 0 Å². The second kappa shape index (κ2) is 6.87. The molecule has 0 saturated carbocycles. The van der Waals surface area contributed by atoms with E-state index >= 15 is 0 Å². The van der Waals surface area contributed by atoms with Crippen molar-refractivity contribution in [3.8, 4) is 0 Å². The first kappa shape index (κ1) is 13.5. The Balaban J connectivity index is 1.66. The molecule has 1 aromatic rings. The molecule has 0 spiro atoms. The first-order valence-electron chi connectivity index (χ1n) is 6.83. The second-order valence-corrected chi connectivity index (χ2v) is 4.73. The van der Waals surface area contributed by atoms with Crippen molar-refractivity contribution in [2.45, 2.75) is 26.9 Å². The van der Waals surface area contributed by atoms with Gasteiger partial charge in [0.25, 0.3) is 0 Å². The fourth-order valence-corrected chi connectivity index (χ4v) is 2.18. The maximum absolute atomic E-state index is 5.33. The number of rotatable bonds is 6. The molecule has 2 heterocycles. The highest BCUT2D eigenvalue weighted by molar-refractivity contribution is 5.14. The van der Waals surface area contributed by atoms with Crippen molar-refractivity contribution in [3.05, 3.63) is 17.5 Å². The molecule has 1 fully saturated rings. The van der Waals surface area contributed by atoms with E-state index in [0.717, 1.165) is 58.2 Å². The number of ether oxygens (including phenoxy) is 1. The predicted molar refractivity (Wildman–Crippen MR) is 71.6 cm³/mol. The van der Waals surface area contributed by atoms with E-state index in [2.05, 4.69) is 35.4 Å². The van der Waals surface area contributed by atoms with Gasteiger partial charge in [0.15, 0.2) is 0 Å². The Morgan fingerprint density at radius 1 is 1.39 bits per heavy atom. The Hall–Kier alpha value is -0.910. The van der Waals surface area contributed by atoms with E-state index in [1.54, 1.807) is 0 Å². The van der Waals surface area contributed by atoms with Crippen molar-refractivity contribution >= 4 is 0 Å². The third-order valence-corrected chi connectivity index (χ3v) is 3.40. The van der Waals surface area contributed by atoms with Gasteiger partial charge in [-0.2, -0.15) is 5.10 Å². The van der Waals surface area contributed by atoms with Crippen molar-refractivity contribution in [2.75, 3.05) is 39.4 Å². The van der Waals surface area contributed by atoms with Gasteiger partial charge in [0.05, 0.1) is 18.9 Å². The summed E-state index contributed by atoms with van der Waals surface area (Å²) >= 11 is 0. The third kappa shape index (κ3) is 3.80. The largest absolute Gasteiger partial charge is 0.379 e. The minimum Gasteiger partial charge on any atom is -0.379 e. The zero-order chi connectivity index (χ0) is 12.8. The SMILES string of the molecule is CCn1cc(CNCCN2CCOCC2)c(C)n1. The summed E-state index contributed by atoms with van der Waals surface area (Å²) in [7, 11) is 0. The summed E-state index contributed by atoms with van der Waals surface area (Å²) in [6.45, 7) is 12.0. The van der Waals surface area contributed by atoms with E-state index < -0.39 is 0 Å². The van der Waals surface area contributed by atoms with E-state index in [1.807, 2.05) is 4.68 Å². The lowest BCUT2D eigenvalue weighted by molar-refractivity contribution is 0.0384. The van der Waals surface area contributed by atoms with Crippen LogP contribution in [0.3, 0.4) is 0 Å². The summed E-state index contributed by atoms with van der Waals surface area (Å²) < 4.78 is 7.33. The molecule has 1 saturated heterocycles. The zero-order valence-corrected chi connectivity index (χ0v) is 11.5. The molecule has 0 atom stereocenters. The quantitative estimate of drug-likeness (QED) is 0.754. The number of nitrogens with one attached hydrogen (secondary N) is 1. The number of morpholine rings is 1. The minimum atomic E-state index is 0.877. The molecular formula is C13H24N4O. The smallest absolute Gasteiger partial charge is 0.0638 e. The van der Waals surface area contributed by atoms with Crippen LogP contribution in [-0.2, 0) is 17.8 Å². The summed E-state index contributed by atoms with van der Waals surface area (Å²) in [6.07, 6.45) is 2.14. The number of hydrogen-bond acceptors (Lipinski definition) is 4. The van der Waals surface area contributed by atoms with Crippen LogP contribution in [0.2, 0.25) is 0 Å². The highest BCUT2D eigenvalue weighted by Crippen LogP contribution is 2.04. The van der Waals surface area contributed by atoms with Gasteiger partial charge in [-0.25, -0.2) is 0 Å². The minimum absolute atomic E-state index is 0.877. The van der Waals surface area contributed by atoms with Gasteiger partial charge >= 0.3 is 0 Å². The fourth-order valence-electron chi connectivity index (χ4n) is 2.18. The maximum Gasteiger partial charge on any atom is 0.0638 e. The molecule has 0 amide bonds. The molecule has 18 heavy (non-hydrogen) atoms. The lowest BCUT2D eigenvalue weighted by Crippen LogP contribution is -2.40. The normalized spacial score (nSPS) is 17.2. The predicted octanol–water partition coefficient (Wildman–Crippen LogP) is 0.633. The van der Waals surface area contributed by atoms with Crippen molar-refractivity contribution < 1.29 is 4.74 Å². The number of aromatic nitrogens is 2. The van der Waals surface area contributed by atoms with Gasteiger partial charge < -0.3 is 10.1 Å². The molecule has 5 nitrogen and oxygen atoms in total. The third-order valence-electron chi connectivity index (χ3n) is 3.40. The van der Waals surface area contributed by atoms with E-state index in [0.29, 0.717) is 0 Å². The Bertz CT molecular complexity index is 358. The number of hydrogen-bond donors (Lipinski definition) is 1. The van der Waals surface area contributed by atoms with Gasteiger partial charge in [-0.05, 0) is 13.8 Å². The Labute approximate surface area is 109 Å². The lowest BCUT2D eigenvalue weighted by Gasteiger charge is -2.26. The molecule has 0 aliphatic carbocycles. The van der Waals surface area contributed by atoms with Crippen molar-refractivity contribution in [3.63, 3.8) is 0 Å². The molecule has 0 aromatic carbocycles. The summed E-state index contributed by atoms with van der Waals surface area (Å²) in [5.41, 5.74) is 2.44. The molecular weight excluding hydrogens is 228 g/mol. The van der Waals surface area contributed by atoms with Crippen molar-refractivity contribution in [1.82, 2.24) is 20.0 Å². The Morgan fingerprint density at radius 3 is 2.83 bits per heavy atom. The molecule has 0 bridgehead atoms. The van der Waals surface area contributed by atoms with Crippen LogP contribution in [0, 0.1) is 6.92 Å². The summed E-state index contributed by atoms with van der Waals surface area (Å²) in [6, 6.07) is 0. The molecule has 102 valence electrons. The number of nitrogens with zero attached hydrogens (tertiary/aromatic N) is 3. The van der Waals surface area contributed by atoms with Crippen LogP contribution in [0.25, 0.3) is 0 Å². The van der Waals surface area contributed by atoms with Crippen LogP contribution < -0.4 is 5.32 Å². The molecule has 1 aromatic heterocycles. The van der Waals surface area contributed by atoms with Gasteiger partial charge in [-0.3, -0.25) is 9.58 Å². The second-order valence-electron chi connectivity index (χ2n) is 4.73. The number of aryl methyl sites for hydroxylation is 2. The van der Waals surface area contributed by atoms with Crippen molar-refractivity contribution in [1.29, 1.82) is 0 Å². The monoisotopic (exact) mass is 252 g/mol. The van der Waals surface area contributed by atoms with Gasteiger partial charge in [0.1, 0.15) is 0 Å². The van der Waals surface area contributed by atoms with Crippen LogP contribution in [0.1, 0.15) is 18.2 Å². The van der Waals surface area contributed by atoms with Crippen LogP contribution in [-0.4, -0.2) is 54.1 Å². The molecule has 0 unspecified atom stereocenters. The summed E-state index contributed by atoms with van der Waals surface area (Å²) in [5.74, 6) is 0. The van der Waals surface area contributed by atoms with Crippen molar-refractivity contribution in [2.24, 2.45) is 0 Å². The first-order valence-corrected chi connectivity index (χ1v) is 6.83. The van der Waals surface area contributed by atoms with Crippen LogP contribution in [0.4, 0.5) is 0 Å². The van der Waals surface area contributed by atoms with E-state index in [-0.39, 0.29) is 0 Å².